The summed E-state index contributed by atoms with van der Waals surface area (Å²) in [4.78, 5) is 6.69. The standard InChI is InChI=1S/C4HBrFN2/c5-4-3(6)1-7-2-8-4/h1H. The second-order valence-corrected chi connectivity index (χ2v) is 1.86. The molecule has 1 rings (SSSR count). The molecule has 0 amide bonds. The smallest absolute Gasteiger partial charge is 0.199 e. The Hall–Kier alpha value is -0.510. The van der Waals surface area contributed by atoms with Crippen LogP contribution in [-0.4, -0.2) is 9.97 Å². The van der Waals surface area contributed by atoms with Crippen LogP contribution >= 0.6 is 15.9 Å². The Morgan fingerprint density at radius 1 is 1.75 bits per heavy atom. The normalized spacial score (nSPS) is 9.25. The molecule has 2 nitrogen and oxygen atoms in total. The Bertz CT molecular complexity index is 170. The lowest BCUT2D eigenvalue weighted by Crippen LogP contribution is -1.82. The van der Waals surface area contributed by atoms with Gasteiger partial charge >= 0.3 is 0 Å². The summed E-state index contributed by atoms with van der Waals surface area (Å²) in [7, 11) is 0. The van der Waals surface area contributed by atoms with Crippen LogP contribution in [0.1, 0.15) is 0 Å². The monoisotopic (exact) mass is 175 g/mol. The second kappa shape index (κ2) is 2.17. The van der Waals surface area contributed by atoms with Crippen LogP contribution in [0.4, 0.5) is 4.39 Å². The van der Waals surface area contributed by atoms with E-state index in [9.17, 15) is 4.39 Å². The summed E-state index contributed by atoms with van der Waals surface area (Å²) in [6.07, 6.45) is 3.25. The van der Waals surface area contributed by atoms with Crippen molar-refractivity contribution in [2.45, 2.75) is 0 Å². The average molecular weight is 176 g/mol. The molecule has 0 N–H and O–H groups in total. The van der Waals surface area contributed by atoms with E-state index in [1.807, 2.05) is 0 Å². The lowest BCUT2D eigenvalue weighted by molar-refractivity contribution is 0.604. The van der Waals surface area contributed by atoms with Crippen LogP contribution in [0.25, 0.3) is 0 Å². The minimum atomic E-state index is -0.469. The Labute approximate surface area is 53.9 Å². The lowest BCUT2D eigenvalue weighted by Gasteiger charge is -1.84. The van der Waals surface area contributed by atoms with E-state index >= 15 is 0 Å². The second-order valence-electron chi connectivity index (χ2n) is 1.11. The van der Waals surface area contributed by atoms with Crippen molar-refractivity contribution < 1.29 is 4.39 Å². The van der Waals surface area contributed by atoms with E-state index in [-0.39, 0.29) is 4.60 Å². The quantitative estimate of drug-likeness (QED) is 0.554. The molecule has 8 heavy (non-hydrogen) atoms. The van der Waals surface area contributed by atoms with Crippen LogP contribution in [0, 0.1) is 12.1 Å². The molecule has 0 atom stereocenters. The van der Waals surface area contributed by atoms with Gasteiger partial charge in [0.15, 0.2) is 12.1 Å². The number of nitrogens with zero attached hydrogens (tertiary/aromatic N) is 2. The highest BCUT2D eigenvalue weighted by Gasteiger charge is 1.94. The van der Waals surface area contributed by atoms with Crippen molar-refractivity contribution in [3.8, 4) is 0 Å². The van der Waals surface area contributed by atoms with Gasteiger partial charge in [-0.05, 0) is 15.9 Å². The SMILES string of the molecule is Fc1cn[c]nc1Br. The summed E-state index contributed by atoms with van der Waals surface area (Å²) in [5.74, 6) is -0.469. The lowest BCUT2D eigenvalue weighted by atomic mass is 10.7. The summed E-state index contributed by atoms with van der Waals surface area (Å²) in [6.45, 7) is 0. The fraction of sp³-hybridized carbons (Fsp3) is 0. The predicted molar refractivity (Wildman–Crippen MR) is 28.5 cm³/mol. The topological polar surface area (TPSA) is 25.8 Å². The van der Waals surface area contributed by atoms with Gasteiger partial charge in [-0.3, -0.25) is 0 Å². The maximum atomic E-state index is 12.1. The third-order valence-electron chi connectivity index (χ3n) is 0.581. The third-order valence-corrected chi connectivity index (χ3v) is 1.14. The van der Waals surface area contributed by atoms with Gasteiger partial charge in [-0.2, -0.15) is 0 Å². The first-order valence-corrected chi connectivity index (χ1v) is 2.64. The first kappa shape index (κ1) is 5.62. The van der Waals surface area contributed by atoms with Crippen LogP contribution in [0.3, 0.4) is 0 Å². The maximum absolute atomic E-state index is 12.1. The summed E-state index contributed by atoms with van der Waals surface area (Å²) >= 11 is 2.84. The first-order chi connectivity index (χ1) is 3.80. The van der Waals surface area contributed by atoms with Crippen LogP contribution in [0.15, 0.2) is 10.8 Å². The molecule has 0 fully saturated rings. The molecule has 0 unspecified atom stereocenters. The molecule has 0 aliphatic rings. The molecule has 0 saturated carbocycles. The van der Waals surface area contributed by atoms with Gasteiger partial charge in [-0.25, -0.2) is 14.4 Å². The summed E-state index contributed by atoms with van der Waals surface area (Å²) in [6, 6.07) is 0. The molecule has 1 heterocycles. The highest BCUT2D eigenvalue weighted by atomic mass is 79.9. The molecule has 0 aliphatic heterocycles. The molecule has 0 aromatic carbocycles. The highest BCUT2D eigenvalue weighted by Crippen LogP contribution is 2.06. The zero-order valence-electron chi connectivity index (χ0n) is 3.73. The Kier molecular flexibility index (Phi) is 1.53. The summed E-state index contributed by atoms with van der Waals surface area (Å²) in [5, 5.41) is 0. The number of hydrogen-bond donors (Lipinski definition) is 0. The molecule has 1 aromatic rings. The van der Waals surface area contributed by atoms with Crippen molar-refractivity contribution in [2.24, 2.45) is 0 Å². The van der Waals surface area contributed by atoms with Crippen molar-refractivity contribution >= 4 is 15.9 Å². The van der Waals surface area contributed by atoms with Gasteiger partial charge in [0.2, 0.25) is 0 Å². The number of halogens is 2. The van der Waals surface area contributed by atoms with Gasteiger partial charge in [0.25, 0.3) is 0 Å². The molecule has 1 aromatic heterocycles. The van der Waals surface area contributed by atoms with Crippen molar-refractivity contribution in [2.75, 3.05) is 0 Å². The Morgan fingerprint density at radius 2 is 2.50 bits per heavy atom. The highest BCUT2D eigenvalue weighted by molar-refractivity contribution is 9.10. The zero-order valence-corrected chi connectivity index (χ0v) is 5.31. The van der Waals surface area contributed by atoms with Gasteiger partial charge in [0, 0.05) is 0 Å². The van der Waals surface area contributed by atoms with E-state index in [1.54, 1.807) is 0 Å². The fourth-order valence-corrected chi connectivity index (χ4v) is 0.447. The van der Waals surface area contributed by atoms with Crippen molar-refractivity contribution in [3.05, 3.63) is 22.9 Å². The molecular formula is C4HBrFN2. The van der Waals surface area contributed by atoms with Crippen LogP contribution in [0.2, 0.25) is 0 Å². The minimum absolute atomic E-state index is 0.146. The number of rotatable bonds is 0. The van der Waals surface area contributed by atoms with Crippen molar-refractivity contribution in [1.29, 1.82) is 0 Å². The molecular weight excluding hydrogens is 175 g/mol. The number of hydrogen-bond acceptors (Lipinski definition) is 2. The Morgan fingerprint density at radius 3 is 2.88 bits per heavy atom. The molecule has 0 saturated heterocycles. The first-order valence-electron chi connectivity index (χ1n) is 1.85. The summed E-state index contributed by atoms with van der Waals surface area (Å²) < 4.78 is 12.3. The van der Waals surface area contributed by atoms with Crippen molar-refractivity contribution in [3.63, 3.8) is 0 Å². The fourth-order valence-electron chi connectivity index (χ4n) is 0.265. The molecule has 1 radical (unpaired) electrons. The predicted octanol–water partition coefficient (Wildman–Crippen LogP) is 1.18. The number of aromatic nitrogens is 2. The minimum Gasteiger partial charge on any atom is -0.231 e. The van der Waals surface area contributed by atoms with Gasteiger partial charge in [0.1, 0.15) is 4.60 Å². The largest absolute Gasteiger partial charge is 0.231 e. The van der Waals surface area contributed by atoms with Crippen LogP contribution < -0.4 is 0 Å². The van der Waals surface area contributed by atoms with Crippen LogP contribution in [0.5, 0.6) is 0 Å². The van der Waals surface area contributed by atoms with Gasteiger partial charge in [0.05, 0.1) is 6.20 Å². The van der Waals surface area contributed by atoms with Gasteiger partial charge in [-0.15, -0.1) is 0 Å². The Balaban J connectivity index is 3.13. The van der Waals surface area contributed by atoms with E-state index < -0.39 is 5.82 Å². The molecule has 41 valence electrons. The van der Waals surface area contributed by atoms with E-state index in [4.69, 9.17) is 0 Å². The van der Waals surface area contributed by atoms with E-state index in [0.717, 1.165) is 6.20 Å². The van der Waals surface area contributed by atoms with E-state index in [2.05, 4.69) is 32.2 Å². The molecule has 4 heteroatoms. The van der Waals surface area contributed by atoms with E-state index in [1.165, 1.54) is 0 Å². The summed E-state index contributed by atoms with van der Waals surface area (Å²) in [5.41, 5.74) is 0. The van der Waals surface area contributed by atoms with Crippen LogP contribution in [-0.2, 0) is 0 Å². The molecule has 0 spiro atoms. The zero-order chi connectivity index (χ0) is 5.98. The molecule has 0 bridgehead atoms. The van der Waals surface area contributed by atoms with Crippen molar-refractivity contribution in [1.82, 2.24) is 9.97 Å². The average Bonchev–Trinajstić information content (AvgIpc) is 1.77. The van der Waals surface area contributed by atoms with E-state index in [0.29, 0.717) is 0 Å². The third kappa shape index (κ3) is 1.01. The maximum Gasteiger partial charge on any atom is 0.199 e. The van der Waals surface area contributed by atoms with Gasteiger partial charge in [-0.1, -0.05) is 0 Å². The molecule has 0 aliphatic carbocycles. The van der Waals surface area contributed by atoms with Gasteiger partial charge < -0.3 is 0 Å².